The number of nitrogens with one attached hydrogen (secondary N) is 1. The molecule has 0 aliphatic carbocycles. The van der Waals surface area contributed by atoms with Crippen LogP contribution >= 0.6 is 0 Å². The second-order valence-corrected chi connectivity index (χ2v) is 7.67. The minimum atomic E-state index is -0.118. The van der Waals surface area contributed by atoms with Gasteiger partial charge in [-0.1, -0.05) is 6.07 Å². The molecule has 0 radical (unpaired) electrons. The fourth-order valence-corrected chi connectivity index (χ4v) is 3.91. The number of methoxy groups -OCH3 is 1. The highest BCUT2D eigenvalue weighted by atomic mass is 16.5. The van der Waals surface area contributed by atoms with Crippen LogP contribution in [-0.2, 0) is 0 Å². The molecule has 0 unspecified atom stereocenters. The lowest BCUT2D eigenvalue weighted by Gasteiger charge is -2.32. The van der Waals surface area contributed by atoms with E-state index in [1.165, 1.54) is 7.11 Å². The van der Waals surface area contributed by atoms with E-state index in [0.717, 1.165) is 43.0 Å². The summed E-state index contributed by atoms with van der Waals surface area (Å²) < 4.78 is 5.14. The molecule has 0 spiro atoms. The topological polar surface area (TPSA) is 104 Å². The number of aromatic amines is 1. The van der Waals surface area contributed by atoms with Gasteiger partial charge in [-0.05, 0) is 49.6 Å². The van der Waals surface area contributed by atoms with Crippen molar-refractivity contribution in [2.24, 2.45) is 5.73 Å². The van der Waals surface area contributed by atoms with E-state index < -0.39 is 0 Å². The molecular weight excluding hydrogens is 380 g/mol. The Morgan fingerprint density at radius 1 is 1.17 bits per heavy atom. The van der Waals surface area contributed by atoms with Gasteiger partial charge in [0.25, 0.3) is 0 Å². The van der Waals surface area contributed by atoms with Gasteiger partial charge in [0, 0.05) is 42.7 Å². The zero-order valence-electron chi connectivity index (χ0n) is 17.2. The Morgan fingerprint density at radius 3 is 2.60 bits per heavy atom. The van der Waals surface area contributed by atoms with E-state index in [9.17, 15) is 9.90 Å². The zero-order valence-corrected chi connectivity index (χ0v) is 17.2. The Morgan fingerprint density at radius 2 is 1.93 bits per heavy atom. The summed E-state index contributed by atoms with van der Waals surface area (Å²) >= 11 is 0. The van der Waals surface area contributed by atoms with Crippen molar-refractivity contribution < 1.29 is 9.84 Å². The van der Waals surface area contributed by atoms with Gasteiger partial charge >= 0.3 is 0 Å². The summed E-state index contributed by atoms with van der Waals surface area (Å²) in [6.07, 6.45) is 3.50. The summed E-state index contributed by atoms with van der Waals surface area (Å²) in [5, 5.41) is 10.3. The predicted molar refractivity (Wildman–Crippen MR) is 118 cm³/mol. The fourth-order valence-electron chi connectivity index (χ4n) is 3.91. The molecule has 7 heteroatoms. The Balaban J connectivity index is 1.89. The third-order valence-electron chi connectivity index (χ3n) is 5.55. The number of hydrogen-bond donors (Lipinski definition) is 3. The number of phenols is 1. The van der Waals surface area contributed by atoms with E-state index in [-0.39, 0.29) is 17.2 Å². The molecule has 1 aromatic carbocycles. The van der Waals surface area contributed by atoms with E-state index in [4.69, 9.17) is 10.5 Å². The Labute approximate surface area is 175 Å². The van der Waals surface area contributed by atoms with Crippen LogP contribution in [0.15, 0.2) is 47.4 Å². The smallest absolute Gasteiger partial charge is 0.192 e. The molecule has 0 amide bonds. The predicted octanol–water partition coefficient (Wildman–Crippen LogP) is 3.05. The monoisotopic (exact) mass is 406 g/mol. The summed E-state index contributed by atoms with van der Waals surface area (Å²) in [7, 11) is 1.49. The summed E-state index contributed by atoms with van der Waals surface area (Å²) in [6.45, 7) is 3.51. The van der Waals surface area contributed by atoms with Crippen molar-refractivity contribution in [2.75, 3.05) is 25.1 Å². The largest absolute Gasteiger partial charge is 0.504 e. The summed E-state index contributed by atoms with van der Waals surface area (Å²) in [6, 6.07) is 10.6. The Hall–Kier alpha value is -3.32. The second kappa shape index (κ2) is 8.20. The van der Waals surface area contributed by atoms with Crippen LogP contribution in [0.3, 0.4) is 0 Å². The average molecular weight is 406 g/mol. The molecule has 0 saturated carbocycles. The highest BCUT2D eigenvalue weighted by Crippen LogP contribution is 2.35. The third kappa shape index (κ3) is 3.89. The summed E-state index contributed by atoms with van der Waals surface area (Å²) in [5.41, 5.74) is 9.45. The number of aromatic hydroxyl groups is 1. The van der Waals surface area contributed by atoms with Gasteiger partial charge in [-0.2, -0.15) is 0 Å². The van der Waals surface area contributed by atoms with Gasteiger partial charge in [0.05, 0.1) is 18.4 Å². The van der Waals surface area contributed by atoms with E-state index in [2.05, 4.69) is 14.9 Å². The number of anilines is 1. The highest BCUT2D eigenvalue weighted by molar-refractivity contribution is 5.83. The molecule has 2 aromatic heterocycles. The van der Waals surface area contributed by atoms with Crippen molar-refractivity contribution in [3.8, 4) is 33.9 Å². The number of H-pyrrole nitrogens is 1. The van der Waals surface area contributed by atoms with Crippen LogP contribution in [-0.4, -0.2) is 41.3 Å². The van der Waals surface area contributed by atoms with Crippen molar-refractivity contribution in [2.45, 2.75) is 25.8 Å². The molecule has 3 heterocycles. The molecule has 1 saturated heterocycles. The first kappa shape index (κ1) is 20.0. The standard InChI is InChI=1S/C23H26N4O3/c1-14-11-16(5-8-25-14)23-22(15-3-4-20(30-2)18(28)12-15)19(29)13-21(26-23)27-9-6-17(24)7-10-27/h3-5,8,11-13,17,28H,6-7,9-10,24H2,1-2H3,(H,26,29). The maximum Gasteiger partial charge on any atom is 0.192 e. The number of ether oxygens (including phenoxy) is 1. The van der Waals surface area contributed by atoms with Gasteiger partial charge in [0.1, 0.15) is 5.82 Å². The number of hydrogen-bond acceptors (Lipinski definition) is 6. The Kier molecular flexibility index (Phi) is 5.46. The lowest BCUT2D eigenvalue weighted by atomic mass is 9.98. The minimum Gasteiger partial charge on any atom is -0.504 e. The molecule has 1 fully saturated rings. The number of nitrogens with zero attached hydrogens (tertiary/aromatic N) is 2. The number of aromatic nitrogens is 2. The average Bonchev–Trinajstić information content (AvgIpc) is 2.73. The lowest BCUT2D eigenvalue weighted by Crippen LogP contribution is -2.40. The number of piperidine rings is 1. The zero-order chi connectivity index (χ0) is 21.3. The quantitative estimate of drug-likeness (QED) is 0.615. The van der Waals surface area contributed by atoms with Crippen LogP contribution in [0.4, 0.5) is 5.82 Å². The van der Waals surface area contributed by atoms with Crippen LogP contribution in [0.25, 0.3) is 22.4 Å². The van der Waals surface area contributed by atoms with E-state index in [1.54, 1.807) is 30.5 Å². The van der Waals surface area contributed by atoms with Gasteiger partial charge in [-0.25, -0.2) is 0 Å². The number of nitrogens with two attached hydrogens (primary N) is 1. The molecule has 4 N–H and O–H groups in total. The first-order valence-corrected chi connectivity index (χ1v) is 10.0. The van der Waals surface area contributed by atoms with Gasteiger partial charge in [0.2, 0.25) is 0 Å². The van der Waals surface area contributed by atoms with Crippen molar-refractivity contribution in [1.29, 1.82) is 0 Å². The molecule has 1 aliphatic rings. The first-order valence-electron chi connectivity index (χ1n) is 10.0. The van der Waals surface area contributed by atoms with Crippen LogP contribution in [0.2, 0.25) is 0 Å². The summed E-state index contributed by atoms with van der Waals surface area (Å²) in [4.78, 5) is 23.2. The molecular formula is C23H26N4O3. The van der Waals surface area contributed by atoms with E-state index >= 15 is 0 Å². The van der Waals surface area contributed by atoms with Crippen LogP contribution in [0, 0.1) is 6.92 Å². The molecule has 30 heavy (non-hydrogen) atoms. The van der Waals surface area contributed by atoms with Gasteiger partial charge in [-0.15, -0.1) is 0 Å². The first-order chi connectivity index (χ1) is 14.5. The van der Waals surface area contributed by atoms with Gasteiger partial charge in [-0.3, -0.25) is 9.78 Å². The molecule has 3 aromatic rings. The molecule has 1 aliphatic heterocycles. The van der Waals surface area contributed by atoms with E-state index in [0.29, 0.717) is 22.6 Å². The fraction of sp³-hybridized carbons (Fsp3) is 0.304. The number of pyridine rings is 2. The molecule has 0 atom stereocenters. The van der Waals surface area contributed by atoms with Crippen molar-refractivity contribution in [1.82, 2.24) is 9.97 Å². The number of benzene rings is 1. The molecule has 7 nitrogen and oxygen atoms in total. The number of rotatable bonds is 4. The lowest BCUT2D eigenvalue weighted by molar-refractivity contribution is 0.373. The van der Waals surface area contributed by atoms with Crippen LogP contribution in [0.1, 0.15) is 18.5 Å². The molecule has 0 bridgehead atoms. The Bertz CT molecular complexity index is 1120. The third-order valence-corrected chi connectivity index (χ3v) is 5.55. The van der Waals surface area contributed by atoms with Crippen LogP contribution in [0.5, 0.6) is 11.5 Å². The van der Waals surface area contributed by atoms with Crippen molar-refractivity contribution in [3.63, 3.8) is 0 Å². The number of aryl methyl sites for hydroxylation is 1. The minimum absolute atomic E-state index is 0.0136. The van der Waals surface area contributed by atoms with Crippen LogP contribution < -0.4 is 20.8 Å². The van der Waals surface area contributed by atoms with Crippen molar-refractivity contribution >= 4 is 5.82 Å². The van der Waals surface area contributed by atoms with Crippen molar-refractivity contribution in [3.05, 3.63) is 58.5 Å². The van der Waals surface area contributed by atoms with Gasteiger partial charge in [0.15, 0.2) is 16.9 Å². The summed E-state index contributed by atoms with van der Waals surface area (Å²) in [5.74, 6) is 1.12. The highest BCUT2D eigenvalue weighted by Gasteiger charge is 2.21. The number of phenolic OH excluding ortho intramolecular Hbond substituents is 1. The molecule has 156 valence electrons. The molecule has 4 rings (SSSR count). The normalized spacial score (nSPS) is 14.7. The second-order valence-electron chi connectivity index (χ2n) is 7.67. The van der Waals surface area contributed by atoms with Gasteiger partial charge < -0.3 is 25.5 Å². The van der Waals surface area contributed by atoms with E-state index in [1.807, 2.05) is 19.1 Å². The maximum atomic E-state index is 13.3. The maximum absolute atomic E-state index is 13.3. The SMILES string of the molecule is COc1ccc(-c2c(-c3ccnc(C)c3)[nH]c(N3CCC(N)CC3)cc2=O)cc1O.